The first kappa shape index (κ1) is 16.5. The Balaban J connectivity index is 2.70. The van der Waals surface area contributed by atoms with Gasteiger partial charge in [0, 0.05) is 23.7 Å². The second-order valence-corrected chi connectivity index (χ2v) is 6.83. The van der Waals surface area contributed by atoms with Gasteiger partial charge in [0.1, 0.15) is 0 Å². The Bertz CT molecular complexity index is 367. The minimum atomic E-state index is 0.0684. The number of hydrogen-bond donors (Lipinski definition) is 1. The van der Waals surface area contributed by atoms with Gasteiger partial charge in [-0.25, -0.2) is 0 Å². The monoisotopic (exact) mass is 283 g/mol. The normalized spacial score (nSPS) is 13.8. The van der Waals surface area contributed by atoms with Crippen molar-refractivity contribution < 1.29 is 4.74 Å². The van der Waals surface area contributed by atoms with Crippen LogP contribution in [0.3, 0.4) is 0 Å². The lowest BCUT2D eigenvalue weighted by atomic mass is 10.1. The number of benzene rings is 1. The van der Waals surface area contributed by atoms with E-state index in [1.807, 2.05) is 24.3 Å². The van der Waals surface area contributed by atoms with Crippen LogP contribution in [0.1, 0.15) is 46.3 Å². The topological polar surface area (TPSA) is 21.3 Å². The summed E-state index contributed by atoms with van der Waals surface area (Å²) in [4.78, 5) is 0. The van der Waals surface area contributed by atoms with Crippen molar-refractivity contribution in [1.29, 1.82) is 0 Å². The molecule has 1 unspecified atom stereocenters. The van der Waals surface area contributed by atoms with Gasteiger partial charge in [0.25, 0.3) is 0 Å². The summed E-state index contributed by atoms with van der Waals surface area (Å²) in [5.41, 5.74) is 1.26. The largest absolute Gasteiger partial charge is 0.372 e. The predicted molar refractivity (Wildman–Crippen MR) is 82.7 cm³/mol. The fraction of sp³-hybridized carbons (Fsp3) is 0.625. The van der Waals surface area contributed by atoms with Crippen molar-refractivity contribution in [3.63, 3.8) is 0 Å². The maximum atomic E-state index is 6.02. The van der Waals surface area contributed by atoms with Crippen LogP contribution in [0, 0.1) is 5.92 Å². The van der Waals surface area contributed by atoms with Crippen molar-refractivity contribution >= 4 is 11.6 Å². The van der Waals surface area contributed by atoms with E-state index in [1.54, 1.807) is 0 Å². The van der Waals surface area contributed by atoms with Crippen molar-refractivity contribution in [3.8, 4) is 0 Å². The Kier molecular flexibility index (Phi) is 6.31. The molecule has 0 saturated carbocycles. The zero-order valence-electron chi connectivity index (χ0n) is 12.7. The first-order chi connectivity index (χ1) is 8.78. The molecule has 1 N–H and O–H groups in total. The Morgan fingerprint density at radius 3 is 2.21 bits per heavy atom. The molecule has 0 fully saturated rings. The summed E-state index contributed by atoms with van der Waals surface area (Å²) < 4.78 is 6.02. The Morgan fingerprint density at radius 2 is 1.74 bits per heavy atom. The highest BCUT2D eigenvalue weighted by Gasteiger charge is 2.16. The summed E-state index contributed by atoms with van der Waals surface area (Å²) >= 11 is 5.94. The molecule has 19 heavy (non-hydrogen) atoms. The van der Waals surface area contributed by atoms with E-state index in [-0.39, 0.29) is 11.6 Å². The third-order valence-electron chi connectivity index (χ3n) is 2.69. The maximum absolute atomic E-state index is 6.02. The van der Waals surface area contributed by atoms with Gasteiger partial charge >= 0.3 is 0 Å². The number of rotatable bonds is 6. The summed E-state index contributed by atoms with van der Waals surface area (Å²) in [7, 11) is 0. The van der Waals surface area contributed by atoms with Gasteiger partial charge in [0.2, 0.25) is 0 Å². The third-order valence-corrected chi connectivity index (χ3v) is 2.94. The van der Waals surface area contributed by atoms with Crippen LogP contribution in [0.2, 0.25) is 5.02 Å². The van der Waals surface area contributed by atoms with E-state index >= 15 is 0 Å². The van der Waals surface area contributed by atoms with Gasteiger partial charge in [0.05, 0.1) is 6.10 Å². The van der Waals surface area contributed by atoms with Crippen LogP contribution in [0.5, 0.6) is 0 Å². The molecule has 0 bridgehead atoms. The molecule has 0 heterocycles. The van der Waals surface area contributed by atoms with Gasteiger partial charge in [-0.3, -0.25) is 0 Å². The van der Waals surface area contributed by atoms with E-state index in [0.717, 1.165) is 18.2 Å². The molecule has 0 aliphatic carbocycles. The molecule has 1 rings (SSSR count). The van der Waals surface area contributed by atoms with E-state index in [0.29, 0.717) is 5.92 Å². The van der Waals surface area contributed by atoms with Crippen LogP contribution < -0.4 is 5.32 Å². The highest BCUT2D eigenvalue weighted by Crippen LogP contribution is 2.21. The highest BCUT2D eigenvalue weighted by molar-refractivity contribution is 6.30. The van der Waals surface area contributed by atoms with Gasteiger partial charge in [-0.05, 0) is 44.4 Å². The van der Waals surface area contributed by atoms with E-state index in [2.05, 4.69) is 39.9 Å². The molecule has 0 amide bonds. The second kappa shape index (κ2) is 7.28. The lowest BCUT2D eigenvalue weighted by molar-refractivity contribution is 0.0315. The molecule has 108 valence electrons. The highest BCUT2D eigenvalue weighted by atomic mass is 35.5. The molecule has 0 aliphatic rings. The zero-order valence-corrected chi connectivity index (χ0v) is 13.4. The van der Waals surface area contributed by atoms with E-state index in [1.165, 1.54) is 5.56 Å². The Hall–Kier alpha value is -0.570. The summed E-state index contributed by atoms with van der Waals surface area (Å²) in [6, 6.07) is 7.91. The van der Waals surface area contributed by atoms with Crippen LogP contribution in [0.15, 0.2) is 24.3 Å². The molecule has 0 spiro atoms. The van der Waals surface area contributed by atoms with Gasteiger partial charge in [0.15, 0.2) is 0 Å². The summed E-state index contributed by atoms with van der Waals surface area (Å²) in [6.07, 6.45) is 0.0684. The van der Waals surface area contributed by atoms with Crippen LogP contribution in [-0.4, -0.2) is 18.7 Å². The number of hydrogen-bond acceptors (Lipinski definition) is 2. The summed E-state index contributed by atoms with van der Waals surface area (Å²) in [6.45, 7) is 12.4. The smallest absolute Gasteiger partial charge is 0.0949 e. The second-order valence-electron chi connectivity index (χ2n) is 6.40. The fourth-order valence-corrected chi connectivity index (χ4v) is 1.78. The molecule has 3 heteroatoms. The first-order valence-corrected chi connectivity index (χ1v) is 7.28. The van der Waals surface area contributed by atoms with Crippen molar-refractivity contribution in [3.05, 3.63) is 34.9 Å². The Labute approximate surface area is 122 Å². The van der Waals surface area contributed by atoms with E-state index < -0.39 is 0 Å². The minimum absolute atomic E-state index is 0.0684. The van der Waals surface area contributed by atoms with Crippen LogP contribution >= 0.6 is 11.6 Å². The SMILES string of the molecule is CC(C)COC(CNC(C)(C)C)c1ccc(Cl)cc1. The zero-order chi connectivity index (χ0) is 14.5. The lowest BCUT2D eigenvalue weighted by Gasteiger charge is -2.26. The number of halogens is 1. The van der Waals surface area contributed by atoms with Crippen LogP contribution in [0.25, 0.3) is 0 Å². The Morgan fingerprint density at radius 1 is 1.16 bits per heavy atom. The van der Waals surface area contributed by atoms with E-state index in [4.69, 9.17) is 16.3 Å². The summed E-state index contributed by atoms with van der Waals surface area (Å²) in [5, 5.41) is 4.26. The molecule has 1 aromatic carbocycles. The number of nitrogens with one attached hydrogen (secondary N) is 1. The lowest BCUT2D eigenvalue weighted by Crippen LogP contribution is -2.39. The van der Waals surface area contributed by atoms with Crippen molar-refractivity contribution in [2.24, 2.45) is 5.92 Å². The average molecular weight is 284 g/mol. The molecular formula is C16H26ClNO. The quantitative estimate of drug-likeness (QED) is 0.833. The molecular weight excluding hydrogens is 258 g/mol. The molecule has 1 atom stereocenters. The fourth-order valence-electron chi connectivity index (χ4n) is 1.66. The average Bonchev–Trinajstić information content (AvgIpc) is 2.29. The van der Waals surface area contributed by atoms with Crippen LogP contribution in [0.4, 0.5) is 0 Å². The van der Waals surface area contributed by atoms with Gasteiger partial charge in [-0.15, -0.1) is 0 Å². The molecule has 0 saturated heterocycles. The summed E-state index contributed by atoms with van der Waals surface area (Å²) in [5.74, 6) is 0.532. The molecule has 0 aromatic heterocycles. The van der Waals surface area contributed by atoms with Gasteiger partial charge < -0.3 is 10.1 Å². The standard InChI is InChI=1S/C16H26ClNO/c1-12(2)11-19-15(10-18-16(3,4)5)13-6-8-14(17)9-7-13/h6-9,12,15,18H,10-11H2,1-5H3. The molecule has 2 nitrogen and oxygen atoms in total. The third kappa shape index (κ3) is 6.95. The van der Waals surface area contributed by atoms with Crippen molar-refractivity contribution in [1.82, 2.24) is 5.32 Å². The maximum Gasteiger partial charge on any atom is 0.0949 e. The number of ether oxygens (including phenoxy) is 1. The van der Waals surface area contributed by atoms with Gasteiger partial charge in [-0.1, -0.05) is 37.6 Å². The molecule has 0 radical (unpaired) electrons. The first-order valence-electron chi connectivity index (χ1n) is 6.90. The minimum Gasteiger partial charge on any atom is -0.372 e. The van der Waals surface area contributed by atoms with Crippen molar-refractivity contribution in [2.45, 2.75) is 46.3 Å². The van der Waals surface area contributed by atoms with Crippen molar-refractivity contribution in [2.75, 3.05) is 13.2 Å². The predicted octanol–water partition coefficient (Wildman–Crippen LogP) is 4.44. The molecule has 1 aromatic rings. The van der Waals surface area contributed by atoms with Gasteiger partial charge in [-0.2, -0.15) is 0 Å². The van der Waals surface area contributed by atoms with Crippen LogP contribution in [-0.2, 0) is 4.74 Å². The molecule has 0 aliphatic heterocycles. The van der Waals surface area contributed by atoms with E-state index in [9.17, 15) is 0 Å².